The number of carbonyl (C=O) groups is 3. The van der Waals surface area contributed by atoms with E-state index < -0.39 is 6.10 Å². The second-order valence-electron chi connectivity index (χ2n) is 16.6. The fourth-order valence-corrected chi connectivity index (χ4v) is 6.75. The van der Waals surface area contributed by atoms with Crippen molar-refractivity contribution < 1.29 is 28.6 Å². The lowest BCUT2D eigenvalue weighted by Gasteiger charge is -2.18. The van der Waals surface area contributed by atoms with Crippen molar-refractivity contribution in [2.75, 3.05) is 13.2 Å². The third kappa shape index (κ3) is 39.6. The molecule has 0 fully saturated rings. The Bertz CT molecular complexity index is 794. The topological polar surface area (TPSA) is 78.9 Å². The molecular formula is C46H88O6. The first kappa shape index (κ1) is 50.4. The standard InChI is InChI=1S/C46H88O6/c1-6-7-8-9-10-11-12-13-14-15-16-21-28-33-38-46(49)52-43(40-51-45(48)37-32-27-23-22-25-30-35-42(4)5)39-50-44(47)36-31-26-20-18-17-19-24-29-34-41(2)3/h41-43H,6-40H2,1-5H3/t43-/m1/s1. The lowest BCUT2D eigenvalue weighted by Crippen LogP contribution is -2.30. The van der Waals surface area contributed by atoms with Crippen LogP contribution in [0.3, 0.4) is 0 Å². The lowest BCUT2D eigenvalue weighted by molar-refractivity contribution is -0.167. The molecule has 0 aliphatic rings. The quantitative estimate of drug-likeness (QED) is 0.0354. The van der Waals surface area contributed by atoms with Gasteiger partial charge in [0.05, 0.1) is 0 Å². The molecular weight excluding hydrogens is 648 g/mol. The van der Waals surface area contributed by atoms with Crippen molar-refractivity contribution in [1.82, 2.24) is 0 Å². The van der Waals surface area contributed by atoms with Crippen molar-refractivity contribution in [1.29, 1.82) is 0 Å². The van der Waals surface area contributed by atoms with E-state index in [2.05, 4.69) is 34.6 Å². The number of hydrogen-bond acceptors (Lipinski definition) is 6. The predicted molar refractivity (Wildman–Crippen MR) is 220 cm³/mol. The zero-order chi connectivity index (χ0) is 38.3. The van der Waals surface area contributed by atoms with E-state index in [1.807, 2.05) is 0 Å². The largest absolute Gasteiger partial charge is 0.462 e. The summed E-state index contributed by atoms with van der Waals surface area (Å²) in [5, 5.41) is 0. The number of esters is 3. The summed E-state index contributed by atoms with van der Waals surface area (Å²) in [6.45, 7) is 11.2. The van der Waals surface area contributed by atoms with E-state index in [0.717, 1.165) is 69.6 Å². The van der Waals surface area contributed by atoms with Gasteiger partial charge in [-0.1, -0.05) is 208 Å². The van der Waals surface area contributed by atoms with E-state index in [4.69, 9.17) is 14.2 Å². The molecule has 0 N–H and O–H groups in total. The summed E-state index contributed by atoms with van der Waals surface area (Å²) in [7, 11) is 0. The minimum atomic E-state index is -0.760. The summed E-state index contributed by atoms with van der Waals surface area (Å²) in [4.78, 5) is 37.6. The molecule has 0 aromatic carbocycles. The first-order valence-electron chi connectivity index (χ1n) is 22.7. The minimum Gasteiger partial charge on any atom is -0.462 e. The number of hydrogen-bond donors (Lipinski definition) is 0. The molecule has 6 heteroatoms. The molecule has 0 aliphatic carbocycles. The number of unbranched alkanes of at least 4 members (excludes halogenated alkanes) is 25. The van der Waals surface area contributed by atoms with Gasteiger partial charge in [-0.25, -0.2) is 0 Å². The van der Waals surface area contributed by atoms with Crippen LogP contribution in [-0.4, -0.2) is 37.2 Å². The molecule has 0 saturated heterocycles. The zero-order valence-electron chi connectivity index (χ0n) is 35.4. The van der Waals surface area contributed by atoms with Crippen LogP contribution in [0, 0.1) is 11.8 Å². The Balaban J connectivity index is 4.32. The second-order valence-corrected chi connectivity index (χ2v) is 16.6. The molecule has 0 aromatic heterocycles. The normalized spacial score (nSPS) is 12.1. The highest BCUT2D eigenvalue weighted by atomic mass is 16.6. The van der Waals surface area contributed by atoms with Gasteiger partial charge in [0, 0.05) is 19.3 Å². The van der Waals surface area contributed by atoms with Crippen LogP contribution in [0.1, 0.15) is 247 Å². The van der Waals surface area contributed by atoms with Crippen molar-refractivity contribution >= 4 is 17.9 Å². The molecule has 52 heavy (non-hydrogen) atoms. The van der Waals surface area contributed by atoms with Gasteiger partial charge in [0.15, 0.2) is 6.10 Å². The number of rotatable bonds is 40. The van der Waals surface area contributed by atoms with Gasteiger partial charge in [0.1, 0.15) is 13.2 Å². The highest BCUT2D eigenvalue weighted by Crippen LogP contribution is 2.16. The molecule has 0 unspecified atom stereocenters. The number of ether oxygens (including phenoxy) is 3. The van der Waals surface area contributed by atoms with E-state index in [1.54, 1.807) is 0 Å². The molecule has 0 bridgehead atoms. The summed E-state index contributed by atoms with van der Waals surface area (Å²) >= 11 is 0. The van der Waals surface area contributed by atoms with Gasteiger partial charge < -0.3 is 14.2 Å². The summed E-state index contributed by atoms with van der Waals surface area (Å²) in [6, 6.07) is 0. The van der Waals surface area contributed by atoms with Crippen molar-refractivity contribution in [2.24, 2.45) is 11.8 Å². The Kier molecular flexibility index (Phi) is 37.9. The Hall–Kier alpha value is -1.59. The monoisotopic (exact) mass is 737 g/mol. The zero-order valence-corrected chi connectivity index (χ0v) is 35.4. The van der Waals surface area contributed by atoms with E-state index in [0.29, 0.717) is 19.3 Å². The van der Waals surface area contributed by atoms with Crippen LogP contribution < -0.4 is 0 Å². The maximum absolute atomic E-state index is 12.7. The van der Waals surface area contributed by atoms with Gasteiger partial charge in [-0.3, -0.25) is 14.4 Å². The highest BCUT2D eigenvalue weighted by Gasteiger charge is 2.19. The van der Waals surface area contributed by atoms with Crippen LogP contribution in [0.25, 0.3) is 0 Å². The van der Waals surface area contributed by atoms with E-state index in [9.17, 15) is 14.4 Å². The Labute approximate surface area is 323 Å². The Morgan fingerprint density at radius 2 is 0.635 bits per heavy atom. The average molecular weight is 737 g/mol. The van der Waals surface area contributed by atoms with Gasteiger partial charge in [-0.15, -0.1) is 0 Å². The third-order valence-electron chi connectivity index (χ3n) is 10.2. The van der Waals surface area contributed by atoms with E-state index >= 15 is 0 Å². The van der Waals surface area contributed by atoms with Crippen LogP contribution in [-0.2, 0) is 28.6 Å². The van der Waals surface area contributed by atoms with Gasteiger partial charge in [-0.05, 0) is 31.1 Å². The molecule has 0 radical (unpaired) electrons. The molecule has 1 atom stereocenters. The molecule has 0 aromatic rings. The summed E-state index contributed by atoms with van der Waals surface area (Å²) in [6.07, 6.45) is 36.7. The van der Waals surface area contributed by atoms with Gasteiger partial charge in [-0.2, -0.15) is 0 Å². The minimum absolute atomic E-state index is 0.0661. The molecule has 0 amide bonds. The van der Waals surface area contributed by atoms with Gasteiger partial charge in [0.2, 0.25) is 0 Å². The first-order valence-corrected chi connectivity index (χ1v) is 22.7. The SMILES string of the molecule is CCCCCCCCCCCCCCCCC(=O)O[C@H](COC(=O)CCCCCCCCCCC(C)C)COC(=O)CCCCCCCCC(C)C. The van der Waals surface area contributed by atoms with Gasteiger partial charge >= 0.3 is 17.9 Å². The van der Waals surface area contributed by atoms with Crippen molar-refractivity contribution in [2.45, 2.75) is 253 Å². The van der Waals surface area contributed by atoms with Crippen molar-refractivity contribution in [3.05, 3.63) is 0 Å². The Morgan fingerprint density at radius 3 is 0.942 bits per heavy atom. The van der Waals surface area contributed by atoms with E-state index in [-0.39, 0.29) is 31.1 Å². The van der Waals surface area contributed by atoms with Crippen LogP contribution in [0.15, 0.2) is 0 Å². The molecule has 0 rings (SSSR count). The highest BCUT2D eigenvalue weighted by molar-refractivity contribution is 5.71. The molecule has 0 heterocycles. The van der Waals surface area contributed by atoms with Crippen LogP contribution in [0.4, 0.5) is 0 Å². The van der Waals surface area contributed by atoms with E-state index in [1.165, 1.54) is 135 Å². The maximum Gasteiger partial charge on any atom is 0.306 e. The van der Waals surface area contributed by atoms with Crippen LogP contribution in [0.5, 0.6) is 0 Å². The smallest absolute Gasteiger partial charge is 0.306 e. The number of carbonyl (C=O) groups excluding carboxylic acids is 3. The summed E-state index contributed by atoms with van der Waals surface area (Å²) < 4.78 is 16.7. The fourth-order valence-electron chi connectivity index (χ4n) is 6.75. The fraction of sp³-hybridized carbons (Fsp3) is 0.935. The summed E-state index contributed by atoms with van der Waals surface area (Å²) in [5.74, 6) is 0.697. The molecule has 0 spiro atoms. The molecule has 6 nitrogen and oxygen atoms in total. The first-order chi connectivity index (χ1) is 25.2. The van der Waals surface area contributed by atoms with Crippen LogP contribution >= 0.6 is 0 Å². The molecule has 0 aliphatic heterocycles. The predicted octanol–water partition coefficient (Wildman–Crippen LogP) is 14.2. The molecule has 308 valence electrons. The second kappa shape index (κ2) is 39.1. The Morgan fingerprint density at radius 1 is 0.365 bits per heavy atom. The average Bonchev–Trinajstić information content (AvgIpc) is 3.11. The van der Waals surface area contributed by atoms with Crippen molar-refractivity contribution in [3.8, 4) is 0 Å². The van der Waals surface area contributed by atoms with Gasteiger partial charge in [0.25, 0.3) is 0 Å². The molecule has 0 saturated carbocycles. The van der Waals surface area contributed by atoms with Crippen molar-refractivity contribution in [3.63, 3.8) is 0 Å². The third-order valence-corrected chi connectivity index (χ3v) is 10.2. The van der Waals surface area contributed by atoms with Crippen LogP contribution in [0.2, 0.25) is 0 Å². The lowest BCUT2D eigenvalue weighted by atomic mass is 10.0. The maximum atomic E-state index is 12.7. The summed E-state index contributed by atoms with van der Waals surface area (Å²) in [5.41, 5.74) is 0.